The van der Waals surface area contributed by atoms with Gasteiger partial charge in [-0.05, 0) is 30.7 Å². The van der Waals surface area contributed by atoms with Gasteiger partial charge in [0.15, 0.2) is 6.61 Å². The van der Waals surface area contributed by atoms with Crippen molar-refractivity contribution in [3.05, 3.63) is 64.1 Å². The molecule has 2 rings (SSSR count). The van der Waals surface area contributed by atoms with Crippen molar-refractivity contribution < 1.29 is 22.7 Å². The molecule has 0 saturated heterocycles. The highest BCUT2D eigenvalue weighted by Gasteiger charge is 2.16. The molecule has 0 heterocycles. The van der Waals surface area contributed by atoms with Crippen LogP contribution >= 0.6 is 15.9 Å². The molecule has 0 fully saturated rings. The molecular formula is C18H19BrN2O5S. The molecule has 0 unspecified atom stereocenters. The Bertz CT molecular complexity index is 914. The number of benzene rings is 2. The molecule has 27 heavy (non-hydrogen) atoms. The van der Waals surface area contributed by atoms with E-state index in [-0.39, 0.29) is 4.90 Å². The molecule has 0 atom stereocenters. The maximum atomic E-state index is 12.1. The second kappa shape index (κ2) is 9.63. The fourth-order valence-corrected chi connectivity index (χ4v) is 3.59. The van der Waals surface area contributed by atoms with Crippen molar-refractivity contribution in [2.45, 2.75) is 18.4 Å². The highest BCUT2D eigenvalue weighted by Crippen LogP contribution is 2.15. The topological polar surface area (TPSA) is 102 Å². The number of esters is 1. The van der Waals surface area contributed by atoms with Gasteiger partial charge in [0.1, 0.15) is 6.54 Å². The Balaban J connectivity index is 1.73. The molecule has 0 aliphatic carbocycles. The lowest BCUT2D eigenvalue weighted by atomic mass is 10.1. The smallest absolute Gasteiger partial charge is 0.321 e. The minimum absolute atomic E-state index is 0.0144. The first-order valence-corrected chi connectivity index (χ1v) is 10.3. The Hall–Kier alpha value is -2.23. The highest BCUT2D eigenvalue weighted by molar-refractivity contribution is 9.10. The van der Waals surface area contributed by atoms with Crippen LogP contribution in [0.1, 0.15) is 11.1 Å². The molecule has 144 valence electrons. The van der Waals surface area contributed by atoms with Crippen LogP contribution in [0.5, 0.6) is 0 Å². The zero-order valence-corrected chi connectivity index (χ0v) is 17.0. The van der Waals surface area contributed by atoms with Crippen LogP contribution in [0.3, 0.4) is 0 Å². The SMILES string of the molecule is Cc1ccc(CNC(=O)COC(=O)CNS(=O)(=O)c2cccc(Br)c2)cc1. The van der Waals surface area contributed by atoms with E-state index >= 15 is 0 Å². The van der Waals surface area contributed by atoms with Gasteiger partial charge in [0.2, 0.25) is 10.0 Å². The Morgan fingerprint density at radius 2 is 1.81 bits per heavy atom. The number of rotatable bonds is 8. The average molecular weight is 455 g/mol. The first kappa shape index (κ1) is 21.1. The van der Waals surface area contributed by atoms with E-state index in [9.17, 15) is 18.0 Å². The van der Waals surface area contributed by atoms with Crippen molar-refractivity contribution in [3.8, 4) is 0 Å². The highest BCUT2D eigenvalue weighted by atomic mass is 79.9. The lowest BCUT2D eigenvalue weighted by Gasteiger charge is -2.08. The van der Waals surface area contributed by atoms with Gasteiger partial charge in [-0.3, -0.25) is 9.59 Å². The van der Waals surface area contributed by atoms with Crippen molar-refractivity contribution in [2.75, 3.05) is 13.2 Å². The van der Waals surface area contributed by atoms with E-state index in [2.05, 4.69) is 26.0 Å². The molecular weight excluding hydrogens is 436 g/mol. The Morgan fingerprint density at radius 3 is 2.48 bits per heavy atom. The number of sulfonamides is 1. The van der Waals surface area contributed by atoms with E-state index in [0.29, 0.717) is 11.0 Å². The van der Waals surface area contributed by atoms with Crippen LogP contribution in [0.15, 0.2) is 57.9 Å². The van der Waals surface area contributed by atoms with Crippen LogP contribution in [0.2, 0.25) is 0 Å². The summed E-state index contributed by atoms with van der Waals surface area (Å²) in [4.78, 5) is 23.4. The summed E-state index contributed by atoms with van der Waals surface area (Å²) < 4.78 is 31.7. The zero-order valence-electron chi connectivity index (χ0n) is 14.6. The molecule has 0 radical (unpaired) electrons. The van der Waals surface area contributed by atoms with E-state index in [4.69, 9.17) is 4.74 Å². The quantitative estimate of drug-likeness (QED) is 0.593. The van der Waals surface area contributed by atoms with E-state index < -0.39 is 35.1 Å². The van der Waals surface area contributed by atoms with Crippen molar-refractivity contribution in [3.63, 3.8) is 0 Å². The van der Waals surface area contributed by atoms with Crippen LogP contribution in [0.25, 0.3) is 0 Å². The van der Waals surface area contributed by atoms with Gasteiger partial charge in [0.05, 0.1) is 4.90 Å². The lowest BCUT2D eigenvalue weighted by molar-refractivity contribution is -0.147. The van der Waals surface area contributed by atoms with Gasteiger partial charge in [-0.25, -0.2) is 8.42 Å². The van der Waals surface area contributed by atoms with Crippen molar-refractivity contribution in [1.29, 1.82) is 0 Å². The number of carbonyl (C=O) groups is 2. The number of hydrogen-bond donors (Lipinski definition) is 2. The van der Waals surface area contributed by atoms with Crippen LogP contribution < -0.4 is 10.0 Å². The van der Waals surface area contributed by atoms with Gasteiger partial charge in [-0.2, -0.15) is 4.72 Å². The fraction of sp³-hybridized carbons (Fsp3) is 0.222. The summed E-state index contributed by atoms with van der Waals surface area (Å²) in [6.07, 6.45) is 0. The Morgan fingerprint density at radius 1 is 1.11 bits per heavy atom. The molecule has 0 saturated carbocycles. The molecule has 0 aromatic heterocycles. The molecule has 2 aromatic rings. The van der Waals surface area contributed by atoms with Gasteiger partial charge in [-0.15, -0.1) is 0 Å². The van der Waals surface area contributed by atoms with Crippen LogP contribution in [0.4, 0.5) is 0 Å². The fourth-order valence-electron chi connectivity index (χ4n) is 2.03. The molecule has 2 N–H and O–H groups in total. The first-order valence-electron chi connectivity index (χ1n) is 7.99. The summed E-state index contributed by atoms with van der Waals surface area (Å²) in [6.45, 7) is 1.22. The molecule has 0 aliphatic heterocycles. The standard InChI is InChI=1S/C18H19BrN2O5S/c1-13-5-7-14(8-6-13)10-20-17(22)12-26-18(23)11-21-27(24,25)16-4-2-3-15(19)9-16/h2-9,21H,10-12H2,1H3,(H,20,22). The van der Waals surface area contributed by atoms with Gasteiger partial charge in [-0.1, -0.05) is 51.8 Å². The molecule has 9 heteroatoms. The molecule has 7 nitrogen and oxygen atoms in total. The molecule has 0 spiro atoms. The van der Waals surface area contributed by atoms with E-state index in [1.54, 1.807) is 12.1 Å². The van der Waals surface area contributed by atoms with Crippen molar-refractivity contribution >= 4 is 37.8 Å². The predicted octanol–water partition coefficient (Wildman–Crippen LogP) is 1.90. The minimum Gasteiger partial charge on any atom is -0.455 e. The van der Waals surface area contributed by atoms with E-state index in [1.165, 1.54) is 12.1 Å². The Kier molecular flexibility index (Phi) is 7.52. The largest absolute Gasteiger partial charge is 0.455 e. The molecule has 2 aromatic carbocycles. The maximum Gasteiger partial charge on any atom is 0.321 e. The number of ether oxygens (including phenoxy) is 1. The summed E-state index contributed by atoms with van der Waals surface area (Å²) in [5, 5.41) is 2.62. The summed E-state index contributed by atoms with van der Waals surface area (Å²) in [5.74, 6) is -1.32. The summed E-state index contributed by atoms with van der Waals surface area (Å²) >= 11 is 3.18. The molecule has 0 bridgehead atoms. The number of aryl methyl sites for hydroxylation is 1. The molecule has 1 amide bonds. The van der Waals surface area contributed by atoms with Crippen LogP contribution in [-0.2, 0) is 30.9 Å². The van der Waals surface area contributed by atoms with Crippen molar-refractivity contribution in [2.24, 2.45) is 0 Å². The average Bonchev–Trinajstić information content (AvgIpc) is 2.64. The summed E-state index contributed by atoms with van der Waals surface area (Å²) in [7, 11) is -3.85. The van der Waals surface area contributed by atoms with Gasteiger partial charge >= 0.3 is 5.97 Å². The van der Waals surface area contributed by atoms with Gasteiger partial charge < -0.3 is 10.1 Å². The molecule has 0 aliphatic rings. The number of hydrogen-bond acceptors (Lipinski definition) is 5. The minimum atomic E-state index is -3.85. The maximum absolute atomic E-state index is 12.1. The normalized spacial score (nSPS) is 11.0. The Labute approximate surface area is 166 Å². The lowest BCUT2D eigenvalue weighted by Crippen LogP contribution is -2.33. The van der Waals surface area contributed by atoms with E-state index in [1.807, 2.05) is 31.2 Å². The first-order chi connectivity index (χ1) is 12.8. The van der Waals surface area contributed by atoms with Gasteiger partial charge in [0.25, 0.3) is 5.91 Å². The van der Waals surface area contributed by atoms with Crippen LogP contribution in [0, 0.1) is 6.92 Å². The summed E-state index contributed by atoms with van der Waals surface area (Å²) in [5.41, 5.74) is 2.03. The van der Waals surface area contributed by atoms with Crippen molar-refractivity contribution in [1.82, 2.24) is 10.0 Å². The number of nitrogens with one attached hydrogen (secondary N) is 2. The number of halogens is 1. The summed E-state index contributed by atoms with van der Waals surface area (Å²) in [6, 6.07) is 13.7. The second-order valence-corrected chi connectivity index (χ2v) is 8.39. The zero-order chi connectivity index (χ0) is 19.9. The monoisotopic (exact) mass is 454 g/mol. The van der Waals surface area contributed by atoms with Gasteiger partial charge in [0, 0.05) is 11.0 Å². The van der Waals surface area contributed by atoms with E-state index in [0.717, 1.165) is 11.1 Å². The van der Waals surface area contributed by atoms with Crippen LogP contribution in [-0.4, -0.2) is 33.4 Å². The predicted molar refractivity (Wildman–Crippen MR) is 103 cm³/mol. The second-order valence-electron chi connectivity index (χ2n) is 5.70. The number of carbonyl (C=O) groups excluding carboxylic acids is 2. The third-order valence-corrected chi connectivity index (χ3v) is 5.38. The third kappa shape index (κ3) is 7.12. The third-order valence-electron chi connectivity index (χ3n) is 3.49. The number of amides is 1.